The predicted molar refractivity (Wildman–Crippen MR) is 74.6 cm³/mol. The zero-order valence-corrected chi connectivity index (χ0v) is 11.0. The first-order valence-electron chi connectivity index (χ1n) is 6.75. The van der Waals surface area contributed by atoms with Crippen LogP contribution in [0, 0.1) is 0 Å². The molecule has 1 aliphatic heterocycles. The molecule has 5 nitrogen and oxygen atoms in total. The third kappa shape index (κ3) is 2.15. The lowest BCUT2D eigenvalue weighted by Gasteiger charge is -2.23. The van der Waals surface area contributed by atoms with Gasteiger partial charge in [-0.05, 0) is 18.9 Å². The van der Waals surface area contributed by atoms with E-state index in [-0.39, 0.29) is 18.4 Å². The number of fused-ring (bicyclic) bond motifs is 1. The Labute approximate surface area is 116 Å². The lowest BCUT2D eigenvalue weighted by molar-refractivity contribution is -0.137. The number of rotatable bonds is 3. The van der Waals surface area contributed by atoms with E-state index in [0.717, 1.165) is 23.7 Å². The van der Waals surface area contributed by atoms with Gasteiger partial charge in [-0.25, -0.2) is 0 Å². The Morgan fingerprint density at radius 3 is 2.95 bits per heavy atom. The maximum absolute atomic E-state index is 12.6. The van der Waals surface area contributed by atoms with Crippen molar-refractivity contribution in [3.8, 4) is 0 Å². The number of likely N-dealkylation sites (tertiary alicyclic amines) is 1. The van der Waals surface area contributed by atoms with Gasteiger partial charge in [0.25, 0.3) is 5.91 Å². The van der Waals surface area contributed by atoms with Gasteiger partial charge < -0.3 is 15.0 Å². The smallest absolute Gasteiger partial charge is 0.305 e. The molecule has 1 amide bonds. The highest BCUT2D eigenvalue weighted by Gasteiger charge is 2.31. The fraction of sp³-hybridized carbons (Fsp3) is 0.333. The van der Waals surface area contributed by atoms with Crippen molar-refractivity contribution in [2.45, 2.75) is 25.3 Å². The standard InChI is InChI=1S/C15H16N2O3/c18-14(19)8-10-4-3-7-17(10)15(20)12-9-16-13-6-2-1-5-11(12)13/h1-2,5-6,9-10,16H,3-4,7-8H2,(H,18,19). The number of aliphatic carboxylic acids is 1. The Balaban J connectivity index is 1.90. The van der Waals surface area contributed by atoms with Crippen LogP contribution in [-0.2, 0) is 4.79 Å². The second kappa shape index (κ2) is 5.00. The number of hydrogen-bond donors (Lipinski definition) is 2. The van der Waals surface area contributed by atoms with Crippen molar-refractivity contribution in [3.05, 3.63) is 36.0 Å². The summed E-state index contributed by atoms with van der Waals surface area (Å²) in [6, 6.07) is 7.45. The van der Waals surface area contributed by atoms with E-state index >= 15 is 0 Å². The molecule has 1 fully saturated rings. The number of nitrogens with zero attached hydrogens (tertiary/aromatic N) is 1. The lowest BCUT2D eigenvalue weighted by Crippen LogP contribution is -2.36. The number of H-pyrrole nitrogens is 1. The van der Waals surface area contributed by atoms with Crippen LogP contribution in [0.3, 0.4) is 0 Å². The van der Waals surface area contributed by atoms with Gasteiger partial charge in [0.15, 0.2) is 0 Å². The molecule has 1 unspecified atom stereocenters. The molecular weight excluding hydrogens is 256 g/mol. The van der Waals surface area contributed by atoms with E-state index in [1.807, 2.05) is 24.3 Å². The number of carboxylic acid groups (broad SMARTS) is 1. The Morgan fingerprint density at radius 1 is 1.35 bits per heavy atom. The number of carbonyl (C=O) groups is 2. The summed E-state index contributed by atoms with van der Waals surface area (Å²) in [5, 5.41) is 9.82. The second-order valence-corrected chi connectivity index (χ2v) is 5.14. The van der Waals surface area contributed by atoms with E-state index in [2.05, 4.69) is 4.98 Å². The largest absolute Gasteiger partial charge is 0.481 e. The van der Waals surface area contributed by atoms with E-state index in [9.17, 15) is 9.59 Å². The van der Waals surface area contributed by atoms with Gasteiger partial charge >= 0.3 is 5.97 Å². The van der Waals surface area contributed by atoms with Crippen LogP contribution >= 0.6 is 0 Å². The third-order valence-corrected chi connectivity index (χ3v) is 3.87. The van der Waals surface area contributed by atoms with Crippen molar-refractivity contribution in [3.63, 3.8) is 0 Å². The highest BCUT2D eigenvalue weighted by atomic mass is 16.4. The van der Waals surface area contributed by atoms with Crippen LogP contribution in [0.25, 0.3) is 10.9 Å². The third-order valence-electron chi connectivity index (χ3n) is 3.87. The van der Waals surface area contributed by atoms with Gasteiger partial charge in [-0.15, -0.1) is 0 Å². The van der Waals surface area contributed by atoms with E-state index in [1.165, 1.54) is 0 Å². The Hall–Kier alpha value is -2.30. The summed E-state index contributed by atoms with van der Waals surface area (Å²) >= 11 is 0. The van der Waals surface area contributed by atoms with Crippen LogP contribution < -0.4 is 0 Å². The zero-order valence-electron chi connectivity index (χ0n) is 11.0. The van der Waals surface area contributed by atoms with Gasteiger partial charge in [0, 0.05) is 29.7 Å². The molecule has 3 rings (SSSR count). The normalized spacial score (nSPS) is 18.6. The molecule has 5 heteroatoms. The van der Waals surface area contributed by atoms with Gasteiger partial charge in [-0.3, -0.25) is 9.59 Å². The number of benzene rings is 1. The summed E-state index contributed by atoms with van der Waals surface area (Å²) in [7, 11) is 0. The van der Waals surface area contributed by atoms with Crippen molar-refractivity contribution >= 4 is 22.8 Å². The van der Waals surface area contributed by atoms with E-state index in [0.29, 0.717) is 12.1 Å². The first-order chi connectivity index (χ1) is 9.66. The molecule has 0 spiro atoms. The maximum atomic E-state index is 12.6. The first kappa shape index (κ1) is 12.7. The molecule has 104 valence electrons. The number of aromatic amines is 1. The van der Waals surface area contributed by atoms with Crippen molar-refractivity contribution in [2.75, 3.05) is 6.54 Å². The van der Waals surface area contributed by atoms with Crippen molar-refractivity contribution in [1.29, 1.82) is 0 Å². The number of hydrogen-bond acceptors (Lipinski definition) is 2. The zero-order chi connectivity index (χ0) is 14.1. The summed E-state index contributed by atoms with van der Waals surface area (Å²) in [6.07, 6.45) is 3.36. The van der Waals surface area contributed by atoms with Crippen LogP contribution in [0.2, 0.25) is 0 Å². The van der Waals surface area contributed by atoms with E-state index in [1.54, 1.807) is 11.1 Å². The van der Waals surface area contributed by atoms with Crippen LogP contribution in [-0.4, -0.2) is 39.5 Å². The molecule has 1 aromatic carbocycles. The maximum Gasteiger partial charge on any atom is 0.305 e. The quantitative estimate of drug-likeness (QED) is 0.900. The van der Waals surface area contributed by atoms with Gasteiger partial charge in [-0.1, -0.05) is 18.2 Å². The van der Waals surface area contributed by atoms with Crippen LogP contribution in [0.5, 0.6) is 0 Å². The molecule has 2 aromatic rings. The minimum absolute atomic E-state index is 0.0219. The van der Waals surface area contributed by atoms with Crippen molar-refractivity contribution in [2.24, 2.45) is 0 Å². The molecule has 1 saturated heterocycles. The fourth-order valence-corrected chi connectivity index (χ4v) is 2.92. The van der Waals surface area contributed by atoms with Gasteiger partial charge in [-0.2, -0.15) is 0 Å². The minimum atomic E-state index is -0.853. The van der Waals surface area contributed by atoms with Crippen LogP contribution in [0.1, 0.15) is 29.6 Å². The molecule has 1 aromatic heterocycles. The number of nitrogens with one attached hydrogen (secondary N) is 1. The molecule has 20 heavy (non-hydrogen) atoms. The summed E-state index contributed by atoms with van der Waals surface area (Å²) < 4.78 is 0. The summed E-state index contributed by atoms with van der Waals surface area (Å²) in [5.41, 5.74) is 1.54. The monoisotopic (exact) mass is 272 g/mol. The van der Waals surface area contributed by atoms with Gasteiger partial charge in [0.2, 0.25) is 0 Å². The lowest BCUT2D eigenvalue weighted by atomic mass is 10.1. The number of aromatic nitrogens is 1. The second-order valence-electron chi connectivity index (χ2n) is 5.14. The topological polar surface area (TPSA) is 73.4 Å². The Morgan fingerprint density at radius 2 is 2.15 bits per heavy atom. The molecule has 1 aliphatic rings. The molecule has 2 heterocycles. The molecule has 0 saturated carbocycles. The van der Waals surface area contributed by atoms with Crippen LogP contribution in [0.4, 0.5) is 0 Å². The number of amides is 1. The molecule has 2 N–H and O–H groups in total. The first-order valence-corrected chi connectivity index (χ1v) is 6.75. The highest BCUT2D eigenvalue weighted by molar-refractivity contribution is 6.06. The van der Waals surface area contributed by atoms with Gasteiger partial charge in [0.05, 0.1) is 12.0 Å². The summed E-state index contributed by atoms with van der Waals surface area (Å²) in [6.45, 7) is 0.635. The van der Waals surface area contributed by atoms with Crippen molar-refractivity contribution in [1.82, 2.24) is 9.88 Å². The molecule has 0 bridgehead atoms. The van der Waals surface area contributed by atoms with E-state index in [4.69, 9.17) is 5.11 Å². The summed E-state index contributed by atoms with van der Waals surface area (Å²) in [4.78, 5) is 28.3. The molecular formula is C15H16N2O3. The average molecular weight is 272 g/mol. The highest BCUT2D eigenvalue weighted by Crippen LogP contribution is 2.25. The molecule has 0 radical (unpaired) electrons. The number of carbonyl (C=O) groups excluding carboxylic acids is 1. The Kier molecular flexibility index (Phi) is 3.18. The predicted octanol–water partition coefficient (Wildman–Crippen LogP) is 2.25. The summed E-state index contributed by atoms with van der Waals surface area (Å²) in [5.74, 6) is -0.931. The average Bonchev–Trinajstić information content (AvgIpc) is 3.03. The fourth-order valence-electron chi connectivity index (χ4n) is 2.92. The SMILES string of the molecule is O=C(O)CC1CCCN1C(=O)c1c[nH]c2ccccc12. The Bertz CT molecular complexity index is 662. The van der Waals surface area contributed by atoms with Gasteiger partial charge in [0.1, 0.15) is 0 Å². The number of carboxylic acids is 1. The van der Waals surface area contributed by atoms with Crippen LogP contribution in [0.15, 0.2) is 30.5 Å². The molecule has 0 aliphatic carbocycles. The van der Waals surface area contributed by atoms with E-state index < -0.39 is 5.97 Å². The van der Waals surface area contributed by atoms with Crippen molar-refractivity contribution < 1.29 is 14.7 Å². The molecule has 1 atom stereocenters. The minimum Gasteiger partial charge on any atom is -0.481 e. The number of para-hydroxylation sites is 1.